The van der Waals surface area contributed by atoms with Gasteiger partial charge in [-0.3, -0.25) is 19.7 Å². The van der Waals surface area contributed by atoms with Crippen LogP contribution in [0.25, 0.3) is 0 Å². The molecule has 0 aliphatic heterocycles. The Kier molecular flexibility index (Phi) is 6.63. The molecule has 0 atom stereocenters. The Hall–Kier alpha value is -3.95. The molecule has 0 aliphatic rings. The van der Waals surface area contributed by atoms with Crippen LogP contribution in [0, 0.1) is 10.1 Å². The van der Waals surface area contributed by atoms with Crippen LogP contribution < -0.4 is 16.0 Å². The van der Waals surface area contributed by atoms with Gasteiger partial charge in [-0.25, -0.2) is 4.79 Å². The minimum absolute atomic E-state index is 0.0434. The largest absolute Gasteiger partial charge is 0.452 e. The number of ether oxygens (including phenoxy) is 1. The number of hydrogen-bond acceptors (Lipinski definition) is 7. The lowest BCUT2D eigenvalue weighted by Gasteiger charge is -2.08. The second-order valence-electron chi connectivity index (χ2n) is 5.62. The minimum Gasteiger partial charge on any atom is -0.452 e. The van der Waals surface area contributed by atoms with Gasteiger partial charge in [0.05, 0.1) is 10.5 Å². The Morgan fingerprint density at radius 2 is 1.64 bits per heavy atom. The van der Waals surface area contributed by atoms with Crippen LogP contribution in [0.5, 0.6) is 0 Å². The van der Waals surface area contributed by atoms with Crippen molar-refractivity contribution in [1.82, 2.24) is 0 Å². The van der Waals surface area contributed by atoms with E-state index in [0.29, 0.717) is 11.4 Å². The molecular weight excluding hydrogens is 368 g/mol. The number of hydrogen-bond donors (Lipinski definition) is 3. The maximum absolute atomic E-state index is 12.0. The minimum atomic E-state index is -0.859. The van der Waals surface area contributed by atoms with Crippen LogP contribution >= 0.6 is 0 Å². The van der Waals surface area contributed by atoms with Crippen molar-refractivity contribution in [3.63, 3.8) is 0 Å². The zero-order valence-corrected chi connectivity index (χ0v) is 15.1. The highest BCUT2D eigenvalue weighted by Gasteiger charge is 2.18. The first-order chi connectivity index (χ1) is 13.3. The molecule has 0 radical (unpaired) electrons. The van der Waals surface area contributed by atoms with E-state index in [0.717, 1.165) is 6.07 Å². The molecule has 0 spiro atoms. The predicted molar refractivity (Wildman–Crippen MR) is 102 cm³/mol. The molecule has 146 valence electrons. The number of nitro groups is 1. The molecule has 0 bridgehead atoms. The predicted octanol–water partition coefficient (Wildman–Crippen LogP) is 2.39. The van der Waals surface area contributed by atoms with Gasteiger partial charge in [-0.2, -0.15) is 0 Å². The standard InChI is InChI=1S/C18H18N4O6/c1-11(23)20-13-4-6-14(7-5-13)21-17(24)10-28-18(25)12-3-8-15(19-2)16(9-12)22(26)27/h3-9,19H,10H2,1-2H3,(H,20,23)(H,21,24). The molecule has 0 unspecified atom stereocenters. The van der Waals surface area contributed by atoms with E-state index in [9.17, 15) is 24.5 Å². The summed E-state index contributed by atoms with van der Waals surface area (Å²) in [5.74, 6) is -1.66. The second-order valence-corrected chi connectivity index (χ2v) is 5.62. The molecule has 0 aliphatic carbocycles. The lowest BCUT2D eigenvalue weighted by atomic mass is 10.1. The van der Waals surface area contributed by atoms with Crippen LogP contribution in [0.4, 0.5) is 22.7 Å². The highest BCUT2D eigenvalue weighted by molar-refractivity contribution is 5.96. The van der Waals surface area contributed by atoms with Gasteiger partial charge in [0.2, 0.25) is 5.91 Å². The van der Waals surface area contributed by atoms with Crippen LogP contribution in [-0.2, 0) is 14.3 Å². The number of esters is 1. The van der Waals surface area contributed by atoms with Crippen molar-refractivity contribution in [2.75, 3.05) is 29.6 Å². The first-order valence-electron chi connectivity index (χ1n) is 8.11. The number of amides is 2. The summed E-state index contributed by atoms with van der Waals surface area (Å²) in [5.41, 5.74) is 0.952. The summed E-state index contributed by atoms with van der Waals surface area (Å²) in [6.45, 7) is 0.818. The summed E-state index contributed by atoms with van der Waals surface area (Å²) in [6, 6.07) is 10.2. The number of nitro benzene ring substituents is 1. The van der Waals surface area contributed by atoms with Crippen molar-refractivity contribution < 1.29 is 24.0 Å². The summed E-state index contributed by atoms with van der Waals surface area (Å²) < 4.78 is 4.90. The summed E-state index contributed by atoms with van der Waals surface area (Å²) in [7, 11) is 1.52. The third-order valence-electron chi connectivity index (χ3n) is 3.52. The number of carbonyl (C=O) groups excluding carboxylic acids is 3. The molecule has 3 N–H and O–H groups in total. The molecule has 10 nitrogen and oxygen atoms in total. The Morgan fingerprint density at radius 1 is 1.04 bits per heavy atom. The van der Waals surface area contributed by atoms with E-state index >= 15 is 0 Å². The van der Waals surface area contributed by atoms with E-state index in [2.05, 4.69) is 16.0 Å². The van der Waals surface area contributed by atoms with E-state index in [-0.39, 0.29) is 22.8 Å². The molecule has 10 heteroatoms. The SMILES string of the molecule is CNc1ccc(C(=O)OCC(=O)Nc2ccc(NC(C)=O)cc2)cc1[N+](=O)[O-]. The summed E-state index contributed by atoms with van der Waals surface area (Å²) >= 11 is 0. The van der Waals surface area contributed by atoms with Crippen molar-refractivity contribution >= 4 is 40.5 Å². The fraction of sp³-hybridized carbons (Fsp3) is 0.167. The van der Waals surface area contributed by atoms with Crippen molar-refractivity contribution in [2.24, 2.45) is 0 Å². The maximum atomic E-state index is 12.0. The lowest BCUT2D eigenvalue weighted by molar-refractivity contribution is -0.384. The van der Waals surface area contributed by atoms with Gasteiger partial charge in [-0.05, 0) is 36.4 Å². The average Bonchev–Trinajstić information content (AvgIpc) is 2.66. The van der Waals surface area contributed by atoms with Crippen LogP contribution in [0.1, 0.15) is 17.3 Å². The number of anilines is 3. The van der Waals surface area contributed by atoms with Crippen LogP contribution in [0.15, 0.2) is 42.5 Å². The van der Waals surface area contributed by atoms with Crippen molar-refractivity contribution in [2.45, 2.75) is 6.92 Å². The molecule has 2 aromatic rings. The molecule has 2 amide bonds. The van der Waals surface area contributed by atoms with Crippen LogP contribution in [-0.4, -0.2) is 36.4 Å². The number of nitrogens with zero attached hydrogens (tertiary/aromatic N) is 1. The molecule has 2 aromatic carbocycles. The topological polar surface area (TPSA) is 140 Å². The highest BCUT2D eigenvalue weighted by Crippen LogP contribution is 2.25. The number of rotatable bonds is 7. The van der Waals surface area contributed by atoms with Crippen molar-refractivity contribution in [1.29, 1.82) is 0 Å². The van der Waals surface area contributed by atoms with Gasteiger partial charge >= 0.3 is 5.97 Å². The molecule has 28 heavy (non-hydrogen) atoms. The van der Waals surface area contributed by atoms with E-state index in [1.165, 1.54) is 26.1 Å². The quantitative estimate of drug-likeness (QED) is 0.377. The molecular formula is C18H18N4O6. The van der Waals surface area contributed by atoms with Gasteiger partial charge in [0.15, 0.2) is 6.61 Å². The molecule has 0 aromatic heterocycles. The van der Waals surface area contributed by atoms with Crippen molar-refractivity contribution in [3.8, 4) is 0 Å². The number of carbonyl (C=O) groups is 3. The van der Waals surface area contributed by atoms with Gasteiger partial charge in [-0.1, -0.05) is 0 Å². The van der Waals surface area contributed by atoms with Gasteiger partial charge in [0.25, 0.3) is 11.6 Å². The number of benzene rings is 2. The smallest absolute Gasteiger partial charge is 0.338 e. The lowest BCUT2D eigenvalue weighted by Crippen LogP contribution is -2.21. The Labute approximate surface area is 160 Å². The third kappa shape index (κ3) is 5.53. The monoisotopic (exact) mass is 386 g/mol. The zero-order chi connectivity index (χ0) is 20.7. The van der Waals surface area contributed by atoms with Gasteiger partial charge in [0, 0.05) is 31.4 Å². The molecule has 0 saturated carbocycles. The maximum Gasteiger partial charge on any atom is 0.338 e. The fourth-order valence-corrected chi connectivity index (χ4v) is 2.27. The molecule has 0 fully saturated rings. The molecule has 0 heterocycles. The summed E-state index contributed by atoms with van der Waals surface area (Å²) in [4.78, 5) is 45.3. The zero-order valence-electron chi connectivity index (χ0n) is 15.1. The Bertz CT molecular complexity index is 911. The van der Waals surface area contributed by atoms with Crippen LogP contribution in [0.2, 0.25) is 0 Å². The van der Waals surface area contributed by atoms with Gasteiger partial charge in [0.1, 0.15) is 5.69 Å². The Balaban J connectivity index is 1.93. The fourth-order valence-electron chi connectivity index (χ4n) is 2.27. The highest BCUT2D eigenvalue weighted by atomic mass is 16.6. The second kappa shape index (κ2) is 9.12. The van der Waals surface area contributed by atoms with E-state index in [1.807, 2.05) is 0 Å². The van der Waals surface area contributed by atoms with Crippen LogP contribution in [0.3, 0.4) is 0 Å². The first-order valence-corrected chi connectivity index (χ1v) is 8.11. The first kappa shape index (κ1) is 20.4. The van der Waals surface area contributed by atoms with Crippen molar-refractivity contribution in [3.05, 3.63) is 58.1 Å². The van der Waals surface area contributed by atoms with E-state index < -0.39 is 23.4 Å². The van der Waals surface area contributed by atoms with E-state index in [1.54, 1.807) is 24.3 Å². The summed E-state index contributed by atoms with van der Waals surface area (Å²) in [5, 5.41) is 18.8. The third-order valence-corrected chi connectivity index (χ3v) is 3.52. The summed E-state index contributed by atoms with van der Waals surface area (Å²) in [6.07, 6.45) is 0. The van der Waals surface area contributed by atoms with Gasteiger partial charge in [-0.15, -0.1) is 0 Å². The Morgan fingerprint density at radius 3 is 2.18 bits per heavy atom. The molecule has 2 rings (SSSR count). The van der Waals surface area contributed by atoms with Gasteiger partial charge < -0.3 is 20.7 Å². The van der Waals surface area contributed by atoms with E-state index in [4.69, 9.17) is 4.74 Å². The normalized spacial score (nSPS) is 9.93. The number of nitrogens with one attached hydrogen (secondary N) is 3. The average molecular weight is 386 g/mol. The molecule has 0 saturated heterocycles.